The Labute approximate surface area is 93.8 Å². The van der Waals surface area contributed by atoms with E-state index >= 15 is 0 Å². The van der Waals surface area contributed by atoms with Crippen molar-refractivity contribution < 1.29 is 17.6 Å². The third kappa shape index (κ3) is 2.48. The van der Waals surface area contributed by atoms with Crippen molar-refractivity contribution in [2.45, 2.75) is 12.3 Å². The Morgan fingerprint density at radius 3 is 2.65 bits per heavy atom. The van der Waals surface area contributed by atoms with Crippen LogP contribution in [-0.4, -0.2) is 28.9 Å². The third-order valence-electron chi connectivity index (χ3n) is 2.20. The fourth-order valence-electron chi connectivity index (χ4n) is 1.32. The summed E-state index contributed by atoms with van der Waals surface area (Å²) in [4.78, 5) is 6.64. The second-order valence-corrected chi connectivity index (χ2v) is 3.52. The fourth-order valence-corrected chi connectivity index (χ4v) is 1.32. The summed E-state index contributed by atoms with van der Waals surface area (Å²) >= 11 is 0. The van der Waals surface area contributed by atoms with Crippen molar-refractivity contribution in [3.05, 3.63) is 24.3 Å². The number of halogens is 4. The fraction of sp³-hybridized carbons (Fsp3) is 0.300. The van der Waals surface area contributed by atoms with Crippen LogP contribution in [0.3, 0.4) is 0 Å². The van der Waals surface area contributed by atoms with Crippen LogP contribution < -0.4 is 5.32 Å². The minimum Gasteiger partial charge on any atom is -0.350 e. The number of para-hydroxylation sites is 2. The first-order valence-corrected chi connectivity index (χ1v) is 4.83. The highest BCUT2D eigenvalue weighted by molar-refractivity contribution is 5.77. The number of alkyl halides is 4. The molecule has 2 rings (SSSR count). The zero-order valence-electron chi connectivity index (χ0n) is 8.55. The Morgan fingerprint density at radius 1 is 1.29 bits per heavy atom. The van der Waals surface area contributed by atoms with E-state index in [0.717, 1.165) is 0 Å². The van der Waals surface area contributed by atoms with Gasteiger partial charge < -0.3 is 10.3 Å². The first-order chi connectivity index (χ1) is 7.99. The van der Waals surface area contributed by atoms with Crippen molar-refractivity contribution in [1.29, 1.82) is 0 Å². The molecule has 17 heavy (non-hydrogen) atoms. The Kier molecular flexibility index (Phi) is 2.91. The molecule has 92 valence electrons. The second-order valence-electron chi connectivity index (χ2n) is 3.52. The number of H-pyrrole nitrogens is 1. The highest BCUT2D eigenvalue weighted by Gasteiger charge is 2.40. The number of fused-ring (bicyclic) bond motifs is 1. The number of benzene rings is 1. The van der Waals surface area contributed by atoms with Gasteiger partial charge in [-0.05, 0) is 12.1 Å². The van der Waals surface area contributed by atoms with Crippen LogP contribution in [0.4, 0.5) is 23.5 Å². The summed E-state index contributed by atoms with van der Waals surface area (Å²) in [6, 6.07) is 6.87. The number of nitrogens with one attached hydrogen (secondary N) is 2. The maximum Gasteiger partial charge on any atom is 0.324 e. The van der Waals surface area contributed by atoms with E-state index < -0.39 is 18.9 Å². The molecule has 3 nitrogen and oxygen atoms in total. The first kappa shape index (κ1) is 11.7. The molecule has 0 aliphatic heterocycles. The van der Waals surface area contributed by atoms with E-state index in [1.165, 1.54) is 0 Å². The van der Waals surface area contributed by atoms with E-state index in [2.05, 4.69) is 15.3 Å². The highest BCUT2D eigenvalue weighted by Crippen LogP contribution is 2.23. The molecule has 1 heterocycles. The van der Waals surface area contributed by atoms with Gasteiger partial charge in [0.05, 0.1) is 17.6 Å². The number of imidazole rings is 1. The van der Waals surface area contributed by atoms with E-state index in [1.807, 2.05) is 0 Å². The van der Waals surface area contributed by atoms with E-state index in [9.17, 15) is 17.6 Å². The van der Waals surface area contributed by atoms with Gasteiger partial charge in [-0.15, -0.1) is 0 Å². The minimum atomic E-state index is -4.07. The number of aromatic amines is 1. The molecular formula is C10H9F4N3. The molecule has 1 aromatic carbocycles. The van der Waals surface area contributed by atoms with Crippen molar-refractivity contribution >= 4 is 17.0 Å². The van der Waals surface area contributed by atoms with Crippen LogP contribution in [-0.2, 0) is 0 Å². The summed E-state index contributed by atoms with van der Waals surface area (Å²) in [5.41, 5.74) is 1.23. The van der Waals surface area contributed by atoms with Gasteiger partial charge in [0.1, 0.15) is 0 Å². The summed E-state index contributed by atoms with van der Waals surface area (Å²) in [5, 5.41) is 2.16. The van der Waals surface area contributed by atoms with Crippen molar-refractivity contribution in [1.82, 2.24) is 9.97 Å². The van der Waals surface area contributed by atoms with Crippen molar-refractivity contribution in [2.24, 2.45) is 0 Å². The Morgan fingerprint density at radius 2 is 2.00 bits per heavy atom. The van der Waals surface area contributed by atoms with Crippen LogP contribution in [0.15, 0.2) is 24.3 Å². The maximum absolute atomic E-state index is 12.6. The molecule has 2 aromatic rings. The number of hydrogen-bond acceptors (Lipinski definition) is 2. The number of rotatable bonds is 4. The summed E-state index contributed by atoms with van der Waals surface area (Å²) < 4.78 is 49.1. The lowest BCUT2D eigenvalue weighted by Gasteiger charge is -2.14. The van der Waals surface area contributed by atoms with Gasteiger partial charge in [0.2, 0.25) is 5.95 Å². The zero-order valence-corrected chi connectivity index (χ0v) is 8.55. The molecule has 0 amide bonds. The van der Waals surface area contributed by atoms with Crippen molar-refractivity contribution in [3.8, 4) is 0 Å². The van der Waals surface area contributed by atoms with E-state index in [1.54, 1.807) is 24.3 Å². The molecule has 2 N–H and O–H groups in total. The number of aromatic nitrogens is 2. The molecule has 0 unspecified atom stereocenters. The molecule has 0 saturated carbocycles. The average molecular weight is 247 g/mol. The Balaban J connectivity index is 2.09. The monoisotopic (exact) mass is 247 g/mol. The zero-order chi connectivity index (χ0) is 12.5. The van der Waals surface area contributed by atoms with E-state index in [4.69, 9.17) is 0 Å². The molecule has 0 bridgehead atoms. The third-order valence-corrected chi connectivity index (χ3v) is 2.20. The Hall–Kier alpha value is -1.79. The van der Waals surface area contributed by atoms with Gasteiger partial charge in [-0.25, -0.2) is 13.8 Å². The van der Waals surface area contributed by atoms with Crippen LogP contribution in [0, 0.1) is 0 Å². The van der Waals surface area contributed by atoms with Crippen LogP contribution in [0.1, 0.15) is 0 Å². The van der Waals surface area contributed by atoms with Gasteiger partial charge in [-0.1, -0.05) is 12.1 Å². The minimum absolute atomic E-state index is 0.0477. The number of anilines is 1. The number of nitrogens with zero attached hydrogens (tertiary/aromatic N) is 1. The lowest BCUT2D eigenvalue weighted by molar-refractivity contribution is -0.117. The molecule has 0 aliphatic carbocycles. The number of hydrogen-bond donors (Lipinski definition) is 2. The summed E-state index contributed by atoms with van der Waals surface area (Å²) in [6.07, 6.45) is -3.70. The van der Waals surface area contributed by atoms with Crippen LogP contribution >= 0.6 is 0 Å². The van der Waals surface area contributed by atoms with Crippen molar-refractivity contribution in [2.75, 3.05) is 11.9 Å². The van der Waals surface area contributed by atoms with Gasteiger partial charge in [-0.2, -0.15) is 8.78 Å². The molecule has 0 radical (unpaired) electrons. The van der Waals surface area contributed by atoms with Crippen LogP contribution in [0.25, 0.3) is 11.0 Å². The molecule has 0 aliphatic rings. The molecule has 0 saturated heterocycles. The van der Waals surface area contributed by atoms with Gasteiger partial charge in [0.25, 0.3) is 0 Å². The standard InChI is InChI=1S/C10H9F4N3/c11-8(12)10(13,14)5-15-9-16-6-3-1-2-4-7(6)17-9/h1-4,8H,5H2,(H2,15,16,17). The van der Waals surface area contributed by atoms with Gasteiger partial charge in [-0.3, -0.25) is 0 Å². The second kappa shape index (κ2) is 4.23. The summed E-state index contributed by atoms with van der Waals surface area (Å²) in [7, 11) is 0. The molecule has 7 heteroatoms. The predicted molar refractivity (Wildman–Crippen MR) is 55.5 cm³/mol. The molecular weight excluding hydrogens is 238 g/mol. The quantitative estimate of drug-likeness (QED) is 0.815. The maximum atomic E-state index is 12.6. The van der Waals surface area contributed by atoms with Gasteiger partial charge >= 0.3 is 12.3 Å². The predicted octanol–water partition coefficient (Wildman–Crippen LogP) is 2.88. The van der Waals surface area contributed by atoms with Gasteiger partial charge in [0.15, 0.2) is 0 Å². The molecule has 0 atom stereocenters. The van der Waals surface area contributed by atoms with Crippen LogP contribution in [0.5, 0.6) is 0 Å². The van der Waals surface area contributed by atoms with E-state index in [0.29, 0.717) is 11.0 Å². The van der Waals surface area contributed by atoms with Crippen molar-refractivity contribution in [3.63, 3.8) is 0 Å². The molecule has 0 spiro atoms. The largest absolute Gasteiger partial charge is 0.350 e. The lowest BCUT2D eigenvalue weighted by Crippen LogP contribution is -2.35. The molecule has 0 fully saturated rings. The first-order valence-electron chi connectivity index (χ1n) is 4.83. The summed E-state index contributed by atoms with van der Waals surface area (Å²) in [6.45, 7) is -1.16. The summed E-state index contributed by atoms with van der Waals surface area (Å²) in [5.74, 6) is -4.02. The van der Waals surface area contributed by atoms with E-state index in [-0.39, 0.29) is 5.95 Å². The normalized spacial score (nSPS) is 12.3. The van der Waals surface area contributed by atoms with Gasteiger partial charge in [0, 0.05) is 0 Å². The SMILES string of the molecule is FC(F)C(F)(F)CNc1nc2ccccc2[nH]1. The average Bonchev–Trinajstić information content (AvgIpc) is 2.69. The lowest BCUT2D eigenvalue weighted by atomic mass is 10.3. The van der Waals surface area contributed by atoms with Crippen LogP contribution in [0.2, 0.25) is 0 Å². The Bertz CT molecular complexity index is 476. The molecule has 1 aromatic heterocycles. The smallest absolute Gasteiger partial charge is 0.324 e. The topological polar surface area (TPSA) is 40.7 Å². The highest BCUT2D eigenvalue weighted by atomic mass is 19.3.